The number of aromatic amines is 1. The van der Waals surface area contributed by atoms with Gasteiger partial charge in [-0.2, -0.15) is 0 Å². The van der Waals surface area contributed by atoms with Crippen LogP contribution in [0.1, 0.15) is 47.2 Å². The summed E-state index contributed by atoms with van der Waals surface area (Å²) in [4.78, 5) is 44.8. The van der Waals surface area contributed by atoms with Crippen molar-refractivity contribution in [2.45, 2.75) is 69.1 Å². The summed E-state index contributed by atoms with van der Waals surface area (Å²) in [5.74, 6) is -0.349. The fourth-order valence-corrected chi connectivity index (χ4v) is 11.6. The highest BCUT2D eigenvalue weighted by Gasteiger charge is 2.66. The van der Waals surface area contributed by atoms with Crippen LogP contribution in [0.25, 0.3) is 10.9 Å². The number of aliphatic hydroxyl groups is 1. The predicted molar refractivity (Wildman–Crippen MR) is 220 cm³/mol. The number of H-pyrrole nitrogens is 1. The fraction of sp³-hybridized carbons (Fsp3) is 0.318. The van der Waals surface area contributed by atoms with Gasteiger partial charge in [-0.05, 0) is 72.6 Å². The van der Waals surface area contributed by atoms with Crippen molar-refractivity contribution in [1.82, 2.24) is 20.0 Å². The van der Waals surface area contributed by atoms with E-state index in [0.717, 1.165) is 38.8 Å². The number of amides is 2. The third-order valence-corrected chi connectivity index (χ3v) is 14.2. The van der Waals surface area contributed by atoms with Crippen LogP contribution in [-0.2, 0) is 39.4 Å². The van der Waals surface area contributed by atoms with Gasteiger partial charge in [-0.3, -0.25) is 14.3 Å². The lowest BCUT2D eigenvalue weighted by molar-refractivity contribution is -0.146. The van der Waals surface area contributed by atoms with Gasteiger partial charge in [-0.25, -0.2) is 0 Å². The van der Waals surface area contributed by atoms with Gasteiger partial charge in [0.2, 0.25) is 5.91 Å². The van der Waals surface area contributed by atoms with Crippen molar-refractivity contribution in [2.75, 3.05) is 23.9 Å². The molecule has 2 amide bonds. The van der Waals surface area contributed by atoms with Gasteiger partial charge in [-0.15, -0.1) is 5.10 Å². The topological polar surface area (TPSA) is 155 Å². The molecular formula is C44H48N6O6Si. The minimum atomic E-state index is -2.91. The molecule has 5 atom stereocenters. The first kappa shape index (κ1) is 38.3. The molecule has 1 unspecified atom stereocenters. The monoisotopic (exact) mass is 784 g/mol. The highest BCUT2D eigenvalue weighted by Crippen LogP contribution is 2.60. The Morgan fingerprint density at radius 2 is 1.81 bits per heavy atom. The Labute approximate surface area is 332 Å². The summed E-state index contributed by atoms with van der Waals surface area (Å²) in [5, 5.41) is 23.0. The quantitative estimate of drug-likeness (QED) is 0.0968. The van der Waals surface area contributed by atoms with Crippen molar-refractivity contribution < 1.29 is 29.0 Å². The van der Waals surface area contributed by atoms with Crippen molar-refractivity contribution >= 4 is 42.4 Å². The molecule has 1 saturated heterocycles. The van der Waals surface area contributed by atoms with E-state index in [0.29, 0.717) is 30.1 Å². The minimum Gasteiger partial charge on any atom is -0.497 e. The number of ether oxygens (including phenoxy) is 2. The van der Waals surface area contributed by atoms with Gasteiger partial charge in [0.25, 0.3) is 5.91 Å². The van der Waals surface area contributed by atoms with E-state index in [4.69, 9.17) is 9.47 Å². The molecule has 1 fully saturated rings. The number of fused-ring (bicyclic) bond motifs is 3. The van der Waals surface area contributed by atoms with Crippen molar-refractivity contribution in [3.05, 3.63) is 137 Å². The lowest BCUT2D eigenvalue weighted by atomic mass is 9.82. The van der Waals surface area contributed by atoms with E-state index in [9.17, 15) is 19.5 Å². The van der Waals surface area contributed by atoms with Crippen LogP contribution < -0.4 is 15.0 Å². The first-order valence-corrected chi connectivity index (χ1v) is 22.4. The maximum atomic E-state index is 15.0. The number of rotatable bonds is 13. The number of aliphatic hydroxyl groups excluding tert-OH is 1. The maximum absolute atomic E-state index is 15.0. The number of carbonyl (C=O) groups is 2. The number of aromatic nitrogens is 4. The normalized spacial score (nSPS) is 21.0. The fourth-order valence-electron chi connectivity index (χ4n) is 9.04. The SMILES string of the molecule is COc1ccc2c(c1)[C@@]1(O[C@H](CCn3cc(C(CO)c4ccccc4)nn3)[C@@H]([Si](C)(C)O)[C@@H]1C)C(=O)N2Cc1ccc(NC(=O)Cc2c[nH]c3ccccc23)cc1. The Morgan fingerprint density at radius 3 is 2.54 bits per heavy atom. The number of nitrogens with one attached hydrogen (secondary N) is 2. The summed E-state index contributed by atoms with van der Waals surface area (Å²) in [6.45, 7) is 6.47. The van der Waals surface area contributed by atoms with Gasteiger partial charge < -0.3 is 34.6 Å². The predicted octanol–water partition coefficient (Wildman–Crippen LogP) is 6.51. The zero-order chi connectivity index (χ0) is 39.9. The molecule has 2 aliphatic rings. The number of aryl methyl sites for hydroxylation is 1. The molecule has 1 spiro atoms. The molecule has 4 N–H and O–H groups in total. The average Bonchev–Trinajstić information content (AvgIpc) is 3.97. The van der Waals surface area contributed by atoms with Crippen molar-refractivity contribution in [3.8, 4) is 5.75 Å². The number of benzene rings is 4. The molecule has 13 heteroatoms. The molecule has 57 heavy (non-hydrogen) atoms. The van der Waals surface area contributed by atoms with Gasteiger partial charge in [-0.1, -0.05) is 72.8 Å². The number of para-hydroxylation sites is 1. The van der Waals surface area contributed by atoms with E-state index >= 15 is 0 Å². The van der Waals surface area contributed by atoms with Crippen LogP contribution in [0.4, 0.5) is 11.4 Å². The first-order valence-electron chi connectivity index (χ1n) is 19.4. The van der Waals surface area contributed by atoms with E-state index in [2.05, 4.69) is 20.6 Å². The van der Waals surface area contributed by atoms with Gasteiger partial charge in [0, 0.05) is 52.6 Å². The molecule has 2 aromatic heterocycles. The second kappa shape index (κ2) is 15.4. The number of nitrogens with zero attached hydrogens (tertiary/aromatic N) is 4. The van der Waals surface area contributed by atoms with Crippen molar-refractivity contribution in [2.24, 2.45) is 5.92 Å². The summed E-state index contributed by atoms with van der Waals surface area (Å²) in [5.41, 5.74) is 4.93. The van der Waals surface area contributed by atoms with Crippen LogP contribution >= 0.6 is 0 Å². The number of anilines is 2. The Balaban J connectivity index is 1.01. The Hall–Kier alpha value is -5.60. The second-order valence-corrected chi connectivity index (χ2v) is 19.7. The zero-order valence-corrected chi connectivity index (χ0v) is 33.6. The van der Waals surface area contributed by atoms with Crippen molar-refractivity contribution in [1.29, 1.82) is 0 Å². The van der Waals surface area contributed by atoms with E-state index in [1.54, 1.807) is 16.7 Å². The summed E-state index contributed by atoms with van der Waals surface area (Å²) in [6, 6.07) is 30.8. The summed E-state index contributed by atoms with van der Waals surface area (Å²) >= 11 is 0. The van der Waals surface area contributed by atoms with Gasteiger partial charge in [0.05, 0.1) is 50.1 Å². The molecule has 6 aromatic rings. The summed E-state index contributed by atoms with van der Waals surface area (Å²) in [7, 11) is -1.31. The van der Waals surface area contributed by atoms with Crippen LogP contribution in [0.15, 0.2) is 109 Å². The highest BCUT2D eigenvalue weighted by molar-refractivity contribution is 6.71. The molecule has 0 saturated carbocycles. The van der Waals surface area contributed by atoms with E-state index in [1.807, 2.05) is 129 Å². The molecule has 2 aliphatic heterocycles. The number of carbonyl (C=O) groups excluding carboxylic acids is 2. The third kappa shape index (κ3) is 7.16. The third-order valence-electron chi connectivity index (χ3n) is 11.7. The first-order chi connectivity index (χ1) is 27.5. The van der Waals surface area contributed by atoms with Crippen molar-refractivity contribution in [3.63, 3.8) is 0 Å². The van der Waals surface area contributed by atoms with Crippen LogP contribution in [-0.4, -0.2) is 69.8 Å². The lowest BCUT2D eigenvalue weighted by Gasteiger charge is -2.32. The Morgan fingerprint density at radius 1 is 1.05 bits per heavy atom. The molecule has 8 rings (SSSR count). The van der Waals surface area contributed by atoms with Crippen LogP contribution in [0.3, 0.4) is 0 Å². The zero-order valence-electron chi connectivity index (χ0n) is 32.6. The highest BCUT2D eigenvalue weighted by atomic mass is 28.4. The molecule has 0 bridgehead atoms. The largest absolute Gasteiger partial charge is 0.497 e. The Bertz CT molecular complexity index is 2390. The molecule has 4 aromatic carbocycles. The molecule has 12 nitrogen and oxygen atoms in total. The number of hydrogen-bond acceptors (Lipinski definition) is 8. The molecule has 294 valence electrons. The van der Waals surface area contributed by atoms with E-state index in [1.165, 1.54) is 0 Å². The van der Waals surface area contributed by atoms with Crippen LogP contribution in [0.5, 0.6) is 5.75 Å². The standard InChI is InChI=1S/C44H48N6O6Si/c1-28-42(57(3,4)54)40(20-21-49-26-38(47-48-49)35(27-51)30-10-6-5-7-11-30)56-44(28)36-23-33(55-2)18-19-39(36)50(43(44)53)25-29-14-16-32(17-15-29)46-41(52)22-31-24-45-37-13-9-8-12-34(31)37/h5-19,23-24,26,28,35,40,42,45,51,54H,20-22,25,27H2,1-4H3,(H,46,52)/t28-,35?,40+,42-,44+/m0/s1. The van der Waals surface area contributed by atoms with E-state index < -0.39 is 20.0 Å². The molecule has 0 aliphatic carbocycles. The van der Waals surface area contributed by atoms with Crippen LogP contribution in [0.2, 0.25) is 18.6 Å². The number of hydrogen-bond donors (Lipinski definition) is 4. The van der Waals surface area contributed by atoms with Gasteiger partial charge in [0.15, 0.2) is 13.9 Å². The van der Waals surface area contributed by atoms with Crippen LogP contribution in [0, 0.1) is 5.92 Å². The average molecular weight is 785 g/mol. The molecule has 0 radical (unpaired) electrons. The second-order valence-electron chi connectivity index (χ2n) is 15.8. The van der Waals surface area contributed by atoms with Gasteiger partial charge in [0.1, 0.15) is 5.75 Å². The summed E-state index contributed by atoms with van der Waals surface area (Å²) < 4.78 is 14.4. The lowest BCUT2D eigenvalue weighted by Crippen LogP contribution is -2.46. The maximum Gasteiger partial charge on any atom is 0.264 e. The summed E-state index contributed by atoms with van der Waals surface area (Å²) in [6.07, 6.45) is 4.00. The minimum absolute atomic E-state index is 0.102. The van der Waals surface area contributed by atoms with Gasteiger partial charge >= 0.3 is 0 Å². The number of methoxy groups -OCH3 is 1. The molecule has 4 heterocycles. The molecular weight excluding hydrogens is 737 g/mol. The smallest absolute Gasteiger partial charge is 0.264 e. The Kier molecular flexibility index (Phi) is 10.3. The van der Waals surface area contributed by atoms with E-state index in [-0.39, 0.29) is 48.8 Å².